The molecule has 0 saturated carbocycles. The van der Waals surface area contributed by atoms with E-state index in [1.807, 2.05) is 25.1 Å². The van der Waals surface area contributed by atoms with Gasteiger partial charge in [-0.15, -0.1) is 12.4 Å². The number of rotatable bonds is 8. The van der Waals surface area contributed by atoms with Crippen LogP contribution in [0.25, 0.3) is 0 Å². The van der Waals surface area contributed by atoms with Gasteiger partial charge in [-0.25, -0.2) is 0 Å². The molecule has 6 heteroatoms. The Hall–Kier alpha value is -0.970. The Morgan fingerprint density at radius 1 is 1.45 bits per heavy atom. The van der Waals surface area contributed by atoms with E-state index in [-0.39, 0.29) is 24.4 Å². The summed E-state index contributed by atoms with van der Waals surface area (Å²) in [6, 6.07) is 7.41. The number of ether oxygens (including phenoxy) is 1. The van der Waals surface area contributed by atoms with Crippen LogP contribution in [0.2, 0.25) is 5.02 Å². The van der Waals surface area contributed by atoms with Crippen molar-refractivity contribution >= 4 is 29.9 Å². The third-order valence-corrected chi connectivity index (χ3v) is 2.88. The summed E-state index contributed by atoms with van der Waals surface area (Å²) in [5.41, 5.74) is 5.60. The normalized spacial score (nSPS) is 11.3. The van der Waals surface area contributed by atoms with Gasteiger partial charge in [-0.2, -0.15) is 0 Å². The monoisotopic (exact) mass is 320 g/mol. The Morgan fingerprint density at radius 2 is 2.15 bits per heavy atom. The van der Waals surface area contributed by atoms with Gasteiger partial charge < -0.3 is 15.8 Å². The quantitative estimate of drug-likeness (QED) is 0.724. The number of nitrogens with one attached hydrogen (secondary N) is 1. The first-order chi connectivity index (χ1) is 9.09. The van der Waals surface area contributed by atoms with Crippen LogP contribution < -0.4 is 15.8 Å². The fourth-order valence-corrected chi connectivity index (χ4v) is 1.69. The molecule has 0 spiro atoms. The molecule has 0 heterocycles. The standard InChI is InChI=1S/C14H21ClN2O2.ClH/c1-11(16)8-9-17-14(18)7-4-10-19-13-6-3-2-5-12(13)15;/h2-3,5-6,11H,4,7-10,16H2,1H3,(H,17,18);1H. The molecule has 4 nitrogen and oxygen atoms in total. The lowest BCUT2D eigenvalue weighted by atomic mass is 10.2. The third kappa shape index (κ3) is 8.25. The molecule has 1 amide bonds. The molecule has 1 aromatic carbocycles. The van der Waals surface area contributed by atoms with Crippen molar-refractivity contribution in [3.8, 4) is 5.75 Å². The van der Waals surface area contributed by atoms with Crippen molar-refractivity contribution in [2.24, 2.45) is 5.73 Å². The Bertz CT molecular complexity index is 401. The summed E-state index contributed by atoms with van der Waals surface area (Å²) in [6.45, 7) is 3.02. The van der Waals surface area contributed by atoms with Crippen LogP contribution in [0.3, 0.4) is 0 Å². The predicted octanol–water partition coefficient (Wildman–Crippen LogP) is 2.77. The predicted molar refractivity (Wildman–Crippen MR) is 84.7 cm³/mol. The molecule has 1 unspecified atom stereocenters. The maximum Gasteiger partial charge on any atom is 0.220 e. The first-order valence-corrected chi connectivity index (χ1v) is 6.87. The number of hydrogen-bond acceptors (Lipinski definition) is 3. The van der Waals surface area contributed by atoms with Crippen LogP contribution in [0.4, 0.5) is 0 Å². The molecule has 20 heavy (non-hydrogen) atoms. The molecule has 0 aliphatic carbocycles. The van der Waals surface area contributed by atoms with Crippen molar-refractivity contribution in [2.45, 2.75) is 32.2 Å². The lowest BCUT2D eigenvalue weighted by molar-refractivity contribution is -0.121. The summed E-state index contributed by atoms with van der Waals surface area (Å²) >= 11 is 5.95. The van der Waals surface area contributed by atoms with Crippen LogP contribution >= 0.6 is 24.0 Å². The summed E-state index contributed by atoms with van der Waals surface area (Å²) < 4.78 is 5.50. The summed E-state index contributed by atoms with van der Waals surface area (Å²) in [7, 11) is 0. The van der Waals surface area contributed by atoms with Gasteiger partial charge in [-0.05, 0) is 31.9 Å². The van der Waals surface area contributed by atoms with E-state index in [4.69, 9.17) is 22.1 Å². The smallest absolute Gasteiger partial charge is 0.220 e. The zero-order chi connectivity index (χ0) is 14.1. The van der Waals surface area contributed by atoms with Gasteiger partial charge in [0.15, 0.2) is 0 Å². The van der Waals surface area contributed by atoms with Crippen LogP contribution in [0.1, 0.15) is 26.2 Å². The van der Waals surface area contributed by atoms with E-state index in [9.17, 15) is 4.79 Å². The van der Waals surface area contributed by atoms with Crippen molar-refractivity contribution in [1.82, 2.24) is 5.32 Å². The maximum absolute atomic E-state index is 11.5. The Kier molecular flexibility index (Phi) is 10.3. The molecule has 0 bridgehead atoms. The first-order valence-electron chi connectivity index (χ1n) is 6.49. The molecule has 1 aromatic rings. The van der Waals surface area contributed by atoms with Crippen molar-refractivity contribution in [1.29, 1.82) is 0 Å². The Morgan fingerprint density at radius 3 is 2.80 bits per heavy atom. The van der Waals surface area contributed by atoms with Crippen LogP contribution in [0.5, 0.6) is 5.75 Å². The highest BCUT2D eigenvalue weighted by Crippen LogP contribution is 2.23. The highest BCUT2D eigenvalue weighted by molar-refractivity contribution is 6.32. The van der Waals surface area contributed by atoms with E-state index in [1.54, 1.807) is 6.07 Å². The van der Waals surface area contributed by atoms with Crippen molar-refractivity contribution in [3.63, 3.8) is 0 Å². The van der Waals surface area contributed by atoms with E-state index < -0.39 is 0 Å². The highest BCUT2D eigenvalue weighted by Gasteiger charge is 2.03. The lowest BCUT2D eigenvalue weighted by Gasteiger charge is -2.09. The molecule has 0 radical (unpaired) electrons. The summed E-state index contributed by atoms with van der Waals surface area (Å²) in [4.78, 5) is 11.5. The summed E-state index contributed by atoms with van der Waals surface area (Å²) in [5, 5.41) is 3.41. The number of nitrogens with two attached hydrogens (primary N) is 1. The minimum Gasteiger partial charge on any atom is -0.492 e. The van der Waals surface area contributed by atoms with E-state index in [0.29, 0.717) is 36.8 Å². The molecule has 0 fully saturated rings. The van der Waals surface area contributed by atoms with E-state index >= 15 is 0 Å². The average molecular weight is 321 g/mol. The van der Waals surface area contributed by atoms with Crippen molar-refractivity contribution < 1.29 is 9.53 Å². The van der Waals surface area contributed by atoms with Gasteiger partial charge in [-0.3, -0.25) is 4.79 Å². The number of benzene rings is 1. The second-order valence-electron chi connectivity index (χ2n) is 4.50. The van der Waals surface area contributed by atoms with E-state index in [1.165, 1.54) is 0 Å². The summed E-state index contributed by atoms with van der Waals surface area (Å²) in [5.74, 6) is 0.685. The van der Waals surface area contributed by atoms with Crippen molar-refractivity contribution in [3.05, 3.63) is 29.3 Å². The SMILES string of the molecule is CC(N)CCNC(=O)CCCOc1ccccc1Cl.Cl. The maximum atomic E-state index is 11.5. The van der Waals surface area contributed by atoms with Gasteiger partial charge in [-0.1, -0.05) is 23.7 Å². The number of carbonyl (C=O) groups excluding carboxylic acids is 1. The number of carbonyl (C=O) groups is 1. The molecule has 0 aliphatic heterocycles. The fourth-order valence-electron chi connectivity index (χ4n) is 1.50. The average Bonchev–Trinajstić information content (AvgIpc) is 2.36. The molecule has 3 N–H and O–H groups in total. The number of halogens is 2. The zero-order valence-electron chi connectivity index (χ0n) is 11.6. The Balaban J connectivity index is 0.00000361. The molecular weight excluding hydrogens is 299 g/mol. The molecule has 0 saturated heterocycles. The van der Waals surface area contributed by atoms with Gasteiger partial charge in [0.1, 0.15) is 5.75 Å². The topological polar surface area (TPSA) is 64.3 Å². The van der Waals surface area contributed by atoms with Crippen LogP contribution in [0.15, 0.2) is 24.3 Å². The van der Waals surface area contributed by atoms with Crippen LogP contribution in [0, 0.1) is 0 Å². The fraction of sp³-hybridized carbons (Fsp3) is 0.500. The second-order valence-corrected chi connectivity index (χ2v) is 4.91. The van der Waals surface area contributed by atoms with E-state index in [0.717, 1.165) is 6.42 Å². The zero-order valence-corrected chi connectivity index (χ0v) is 13.2. The van der Waals surface area contributed by atoms with Crippen LogP contribution in [-0.2, 0) is 4.79 Å². The Labute approximate surface area is 131 Å². The minimum absolute atomic E-state index is 0. The van der Waals surface area contributed by atoms with Gasteiger partial charge >= 0.3 is 0 Å². The third-order valence-electron chi connectivity index (χ3n) is 2.56. The number of amides is 1. The van der Waals surface area contributed by atoms with Crippen LogP contribution in [-0.4, -0.2) is 25.1 Å². The molecule has 114 valence electrons. The van der Waals surface area contributed by atoms with Gasteiger partial charge in [0.2, 0.25) is 5.91 Å². The second kappa shape index (κ2) is 10.8. The van der Waals surface area contributed by atoms with Gasteiger partial charge in [0, 0.05) is 19.0 Å². The molecule has 1 rings (SSSR count). The number of para-hydroxylation sites is 1. The minimum atomic E-state index is 0. The largest absolute Gasteiger partial charge is 0.492 e. The first kappa shape index (κ1) is 19.0. The van der Waals surface area contributed by atoms with E-state index in [2.05, 4.69) is 5.32 Å². The van der Waals surface area contributed by atoms with Crippen molar-refractivity contribution in [2.75, 3.05) is 13.2 Å². The highest BCUT2D eigenvalue weighted by atomic mass is 35.5. The molecular formula is C14H22Cl2N2O2. The molecule has 1 atom stereocenters. The lowest BCUT2D eigenvalue weighted by Crippen LogP contribution is -2.28. The summed E-state index contributed by atoms with van der Waals surface area (Å²) in [6.07, 6.45) is 1.90. The molecule has 0 aromatic heterocycles. The van der Waals surface area contributed by atoms with Gasteiger partial charge in [0.05, 0.1) is 11.6 Å². The van der Waals surface area contributed by atoms with Gasteiger partial charge in [0.25, 0.3) is 0 Å². The number of hydrogen-bond donors (Lipinski definition) is 2. The molecule has 0 aliphatic rings.